The number of fused-ring (bicyclic) bond motifs is 1. The number of hydrogen-bond donors (Lipinski definition) is 0. The Morgan fingerprint density at radius 3 is 2.64 bits per heavy atom. The zero-order chi connectivity index (χ0) is 17.1. The Hall–Kier alpha value is -2.66. The van der Waals surface area contributed by atoms with Gasteiger partial charge in [-0.3, -0.25) is 4.79 Å². The molecule has 2 heterocycles. The van der Waals surface area contributed by atoms with Crippen LogP contribution in [0.15, 0.2) is 76.2 Å². The number of carbonyl (C=O) groups excluding carboxylic acids is 1. The molecule has 25 heavy (non-hydrogen) atoms. The summed E-state index contributed by atoms with van der Waals surface area (Å²) in [6.45, 7) is 0.237. The first-order valence-corrected chi connectivity index (χ1v) is 8.85. The van der Waals surface area contributed by atoms with Gasteiger partial charge in [-0.2, -0.15) is 0 Å². The minimum absolute atomic E-state index is 0.0175. The van der Waals surface area contributed by atoms with Crippen molar-refractivity contribution in [2.45, 2.75) is 16.6 Å². The van der Waals surface area contributed by atoms with Crippen molar-refractivity contribution in [2.24, 2.45) is 0 Å². The molecule has 0 saturated carbocycles. The van der Waals surface area contributed by atoms with Gasteiger partial charge in [-0.25, -0.2) is 0 Å². The molecule has 1 unspecified atom stereocenters. The van der Waals surface area contributed by atoms with Gasteiger partial charge in [0.05, 0.1) is 6.26 Å². The molecule has 1 atom stereocenters. The number of thioether (sulfide) groups is 1. The average Bonchev–Trinajstić information content (AvgIpc) is 3.33. The quantitative estimate of drug-likeness (QED) is 0.455. The van der Waals surface area contributed by atoms with E-state index in [1.807, 2.05) is 48.5 Å². The van der Waals surface area contributed by atoms with E-state index >= 15 is 0 Å². The summed E-state index contributed by atoms with van der Waals surface area (Å²) >= 11 is 1.65. The SMILES string of the molecule is O=C(CC(Sc1ccccc1)c1ccc2c(c1)OCO2)c1ccco1. The molecule has 0 saturated heterocycles. The largest absolute Gasteiger partial charge is 0.461 e. The molecule has 5 heteroatoms. The third-order valence-electron chi connectivity index (χ3n) is 3.96. The van der Waals surface area contributed by atoms with Crippen molar-refractivity contribution in [2.75, 3.05) is 6.79 Å². The van der Waals surface area contributed by atoms with E-state index in [0.717, 1.165) is 22.0 Å². The molecule has 0 aliphatic carbocycles. The van der Waals surface area contributed by atoms with E-state index in [9.17, 15) is 4.79 Å². The topological polar surface area (TPSA) is 48.7 Å². The lowest BCUT2D eigenvalue weighted by Crippen LogP contribution is -2.04. The first-order chi connectivity index (χ1) is 12.3. The predicted molar refractivity (Wildman–Crippen MR) is 95.3 cm³/mol. The normalized spacial score (nSPS) is 13.6. The highest BCUT2D eigenvalue weighted by molar-refractivity contribution is 7.99. The fourth-order valence-electron chi connectivity index (χ4n) is 2.71. The zero-order valence-electron chi connectivity index (χ0n) is 13.4. The van der Waals surface area contributed by atoms with Crippen LogP contribution in [0.25, 0.3) is 0 Å². The molecule has 1 aliphatic heterocycles. The summed E-state index contributed by atoms with van der Waals surface area (Å²) in [6, 6.07) is 19.3. The summed E-state index contributed by atoms with van der Waals surface area (Å²) < 4.78 is 16.1. The summed E-state index contributed by atoms with van der Waals surface area (Å²) in [4.78, 5) is 13.7. The summed E-state index contributed by atoms with van der Waals surface area (Å²) in [7, 11) is 0. The van der Waals surface area contributed by atoms with Gasteiger partial charge >= 0.3 is 0 Å². The van der Waals surface area contributed by atoms with Crippen molar-refractivity contribution >= 4 is 17.5 Å². The summed E-state index contributed by atoms with van der Waals surface area (Å²) in [5.41, 5.74) is 1.03. The molecule has 2 aromatic carbocycles. The van der Waals surface area contributed by atoms with Crippen molar-refractivity contribution in [1.29, 1.82) is 0 Å². The Kier molecular flexibility index (Phi) is 4.48. The van der Waals surface area contributed by atoms with Crippen LogP contribution in [0.1, 0.15) is 27.8 Å². The third-order valence-corrected chi connectivity index (χ3v) is 5.22. The average molecular weight is 352 g/mol. The number of furan rings is 1. The van der Waals surface area contributed by atoms with Gasteiger partial charge in [-0.15, -0.1) is 11.8 Å². The Morgan fingerprint density at radius 2 is 1.84 bits per heavy atom. The van der Waals surface area contributed by atoms with Crippen molar-refractivity contribution in [3.05, 3.63) is 78.3 Å². The number of carbonyl (C=O) groups is 1. The standard InChI is InChI=1S/C20H16O4S/c21-16(17-7-4-10-22-17)12-20(25-15-5-2-1-3-6-15)14-8-9-18-19(11-14)24-13-23-18/h1-11,20H,12-13H2. The zero-order valence-corrected chi connectivity index (χ0v) is 14.2. The lowest BCUT2D eigenvalue weighted by molar-refractivity contribution is 0.0955. The minimum Gasteiger partial charge on any atom is -0.461 e. The van der Waals surface area contributed by atoms with Crippen LogP contribution in [0, 0.1) is 0 Å². The molecular formula is C20H16O4S. The van der Waals surface area contributed by atoms with Crippen LogP contribution in [0.3, 0.4) is 0 Å². The van der Waals surface area contributed by atoms with Crippen LogP contribution in [-0.2, 0) is 0 Å². The molecule has 0 N–H and O–H groups in total. The molecule has 3 aromatic rings. The molecular weight excluding hydrogens is 336 g/mol. The number of benzene rings is 2. The van der Waals surface area contributed by atoms with Gasteiger partial charge < -0.3 is 13.9 Å². The molecule has 0 spiro atoms. The van der Waals surface area contributed by atoms with Crippen LogP contribution in [0.5, 0.6) is 11.5 Å². The molecule has 4 rings (SSSR count). The van der Waals surface area contributed by atoms with E-state index in [1.54, 1.807) is 23.9 Å². The maximum absolute atomic E-state index is 12.6. The number of Topliss-reactive ketones (excluding diaryl/α,β-unsaturated/α-hetero) is 1. The van der Waals surface area contributed by atoms with Gasteiger partial charge in [0.15, 0.2) is 23.0 Å². The predicted octanol–water partition coefficient (Wildman–Crippen LogP) is 5.11. The molecule has 1 aromatic heterocycles. The second-order valence-corrected chi connectivity index (χ2v) is 6.91. The number of ether oxygens (including phenoxy) is 2. The third kappa shape index (κ3) is 3.56. The van der Waals surface area contributed by atoms with Gasteiger partial charge in [-0.05, 0) is 42.0 Å². The highest BCUT2D eigenvalue weighted by Gasteiger charge is 2.23. The van der Waals surface area contributed by atoms with E-state index in [0.29, 0.717) is 12.2 Å². The smallest absolute Gasteiger partial charge is 0.231 e. The van der Waals surface area contributed by atoms with Crippen LogP contribution in [-0.4, -0.2) is 12.6 Å². The molecule has 1 aliphatic rings. The van der Waals surface area contributed by atoms with E-state index in [4.69, 9.17) is 13.9 Å². The Labute approximate surface area is 149 Å². The molecule has 0 bridgehead atoms. The lowest BCUT2D eigenvalue weighted by atomic mass is 10.1. The van der Waals surface area contributed by atoms with E-state index < -0.39 is 0 Å². The second kappa shape index (κ2) is 7.07. The van der Waals surface area contributed by atoms with Crippen molar-refractivity contribution in [3.8, 4) is 11.5 Å². The van der Waals surface area contributed by atoms with E-state index in [-0.39, 0.29) is 17.8 Å². The fourth-order valence-corrected chi connectivity index (χ4v) is 3.87. The highest BCUT2D eigenvalue weighted by Crippen LogP contribution is 2.42. The van der Waals surface area contributed by atoms with Crippen molar-refractivity contribution in [1.82, 2.24) is 0 Å². The minimum atomic E-state index is -0.0468. The Bertz CT molecular complexity index is 859. The van der Waals surface area contributed by atoms with Gasteiger partial charge in [-0.1, -0.05) is 24.3 Å². The monoisotopic (exact) mass is 352 g/mol. The molecule has 0 fully saturated rings. The summed E-state index contributed by atoms with van der Waals surface area (Å²) in [5.74, 6) is 1.83. The van der Waals surface area contributed by atoms with Crippen molar-refractivity contribution < 1.29 is 18.7 Å². The first kappa shape index (κ1) is 15.8. The summed E-state index contributed by atoms with van der Waals surface area (Å²) in [5, 5.41) is -0.0468. The van der Waals surface area contributed by atoms with Crippen LogP contribution >= 0.6 is 11.8 Å². The van der Waals surface area contributed by atoms with Crippen LogP contribution in [0.4, 0.5) is 0 Å². The van der Waals surface area contributed by atoms with Crippen molar-refractivity contribution in [3.63, 3.8) is 0 Å². The maximum atomic E-state index is 12.6. The molecule has 0 amide bonds. The lowest BCUT2D eigenvalue weighted by Gasteiger charge is -2.16. The van der Waals surface area contributed by atoms with Gasteiger partial charge in [0.1, 0.15) is 0 Å². The summed E-state index contributed by atoms with van der Waals surface area (Å²) in [6.07, 6.45) is 1.86. The Balaban J connectivity index is 1.62. The second-order valence-electron chi connectivity index (χ2n) is 5.64. The van der Waals surface area contributed by atoms with Gasteiger partial charge in [0, 0.05) is 16.6 Å². The van der Waals surface area contributed by atoms with Gasteiger partial charge in [0.2, 0.25) is 6.79 Å². The highest BCUT2D eigenvalue weighted by atomic mass is 32.2. The van der Waals surface area contributed by atoms with Crippen LogP contribution in [0.2, 0.25) is 0 Å². The fraction of sp³-hybridized carbons (Fsp3) is 0.150. The number of ketones is 1. The number of hydrogen-bond acceptors (Lipinski definition) is 5. The van der Waals surface area contributed by atoms with Crippen LogP contribution < -0.4 is 9.47 Å². The molecule has 4 nitrogen and oxygen atoms in total. The maximum Gasteiger partial charge on any atom is 0.231 e. The molecule has 126 valence electrons. The number of rotatable bonds is 6. The first-order valence-electron chi connectivity index (χ1n) is 7.97. The Morgan fingerprint density at radius 1 is 1.00 bits per heavy atom. The van der Waals surface area contributed by atoms with Gasteiger partial charge in [0.25, 0.3) is 0 Å². The molecule has 0 radical (unpaired) electrons. The van der Waals surface area contributed by atoms with E-state index in [1.165, 1.54) is 6.26 Å². The van der Waals surface area contributed by atoms with E-state index in [2.05, 4.69) is 0 Å².